The number of aliphatic hydroxyl groups excluding tert-OH is 1. The van der Waals surface area contributed by atoms with Gasteiger partial charge in [0.15, 0.2) is 0 Å². The Labute approximate surface area is 118 Å². The maximum atomic E-state index is 13.3. The molecule has 6 heteroatoms. The van der Waals surface area contributed by atoms with Gasteiger partial charge in [-0.3, -0.25) is 0 Å². The number of carbonyl (C=O) groups is 1. The molecule has 0 aromatic heterocycles. The number of carbonyl (C=O) groups excluding carboxylic acids is 1. The van der Waals surface area contributed by atoms with Crippen LogP contribution in [0, 0.1) is 11.3 Å². The fraction of sp³-hybridized carbons (Fsp3) is 0.929. The average Bonchev–Trinajstić information content (AvgIpc) is 2.56. The van der Waals surface area contributed by atoms with Gasteiger partial charge in [-0.25, -0.2) is 13.6 Å². The van der Waals surface area contributed by atoms with Crippen LogP contribution >= 0.6 is 0 Å². The highest BCUT2D eigenvalue weighted by Crippen LogP contribution is 2.63. The highest BCUT2D eigenvalue weighted by atomic mass is 19.3. The Balaban J connectivity index is 1.91. The van der Waals surface area contributed by atoms with Crippen LogP contribution in [0.5, 0.6) is 0 Å². The Bertz CT molecular complexity index is 408. The molecular formula is C14H23F2NO3. The molecule has 1 N–H and O–H groups in total. The first-order valence-corrected chi connectivity index (χ1v) is 6.97. The number of ether oxygens (including phenoxy) is 1. The molecule has 1 amide bonds. The number of hydrogen-bond acceptors (Lipinski definition) is 3. The third-order valence-electron chi connectivity index (χ3n) is 4.14. The molecule has 1 heterocycles. The number of alkyl halides is 2. The van der Waals surface area contributed by atoms with Crippen LogP contribution in [0.15, 0.2) is 0 Å². The van der Waals surface area contributed by atoms with E-state index in [2.05, 4.69) is 0 Å². The zero-order chi connectivity index (χ0) is 15.3. The average molecular weight is 291 g/mol. The Morgan fingerprint density at radius 2 is 1.95 bits per heavy atom. The second-order valence-electron chi connectivity index (χ2n) is 7.36. The van der Waals surface area contributed by atoms with E-state index in [1.54, 1.807) is 20.8 Å². The van der Waals surface area contributed by atoms with E-state index in [9.17, 15) is 18.7 Å². The topological polar surface area (TPSA) is 49.8 Å². The molecular weight excluding hydrogens is 268 g/mol. The zero-order valence-electron chi connectivity index (χ0n) is 12.4. The highest BCUT2D eigenvalue weighted by molar-refractivity contribution is 5.68. The van der Waals surface area contributed by atoms with E-state index in [4.69, 9.17) is 4.74 Å². The van der Waals surface area contributed by atoms with Crippen molar-refractivity contribution < 1.29 is 23.4 Å². The number of amides is 1. The number of hydrogen-bond donors (Lipinski definition) is 1. The molecule has 1 saturated carbocycles. The monoisotopic (exact) mass is 291 g/mol. The van der Waals surface area contributed by atoms with E-state index in [0.717, 1.165) is 0 Å². The minimum atomic E-state index is -2.63. The molecule has 0 spiro atoms. The minimum absolute atomic E-state index is 0.129. The summed E-state index contributed by atoms with van der Waals surface area (Å²) in [4.78, 5) is 13.3. The van der Waals surface area contributed by atoms with Crippen molar-refractivity contribution in [2.24, 2.45) is 11.3 Å². The summed E-state index contributed by atoms with van der Waals surface area (Å²) in [5.41, 5.74) is -1.63. The van der Waals surface area contributed by atoms with Crippen molar-refractivity contribution >= 4 is 6.09 Å². The van der Waals surface area contributed by atoms with E-state index in [-0.39, 0.29) is 31.8 Å². The second kappa shape index (κ2) is 4.55. The normalized spacial score (nSPS) is 36.0. The molecule has 3 atom stereocenters. The van der Waals surface area contributed by atoms with Crippen molar-refractivity contribution in [1.29, 1.82) is 0 Å². The second-order valence-corrected chi connectivity index (χ2v) is 7.36. The van der Waals surface area contributed by atoms with Crippen LogP contribution < -0.4 is 0 Å². The molecule has 1 saturated heterocycles. The Morgan fingerprint density at radius 1 is 1.40 bits per heavy atom. The van der Waals surface area contributed by atoms with Crippen molar-refractivity contribution in [1.82, 2.24) is 4.90 Å². The molecule has 0 aromatic carbocycles. The van der Waals surface area contributed by atoms with Crippen molar-refractivity contribution in [3.63, 3.8) is 0 Å². The molecule has 2 aliphatic rings. The van der Waals surface area contributed by atoms with Gasteiger partial charge in [-0.1, -0.05) is 6.92 Å². The van der Waals surface area contributed by atoms with Crippen LogP contribution in [-0.4, -0.2) is 46.8 Å². The summed E-state index contributed by atoms with van der Waals surface area (Å²) < 4.78 is 31.7. The van der Waals surface area contributed by atoms with Crippen LogP contribution in [0.2, 0.25) is 0 Å². The quantitative estimate of drug-likeness (QED) is 0.851. The third-order valence-corrected chi connectivity index (χ3v) is 4.14. The summed E-state index contributed by atoms with van der Waals surface area (Å²) in [6, 6.07) is 0. The number of rotatable bonds is 2. The van der Waals surface area contributed by atoms with E-state index in [1.807, 2.05) is 0 Å². The van der Waals surface area contributed by atoms with Crippen LogP contribution in [0.3, 0.4) is 0 Å². The van der Waals surface area contributed by atoms with Gasteiger partial charge < -0.3 is 14.7 Å². The lowest BCUT2D eigenvalue weighted by molar-refractivity contribution is 0.0269. The predicted molar refractivity (Wildman–Crippen MR) is 69.6 cm³/mol. The third kappa shape index (κ3) is 3.05. The highest BCUT2D eigenvalue weighted by Gasteiger charge is 2.68. The number of aliphatic hydroxyl groups is 1. The van der Waals surface area contributed by atoms with Crippen LogP contribution in [0.1, 0.15) is 40.5 Å². The standard InChI is InChI=1S/C14H23F2NO3/c1-12(2,3)20-11(19)17-6-9(10(18)7-17)5-13(4)8-14(13,15)16/h9-10,18H,5-8H2,1-4H3. The lowest BCUT2D eigenvalue weighted by Gasteiger charge is -2.24. The lowest BCUT2D eigenvalue weighted by Crippen LogP contribution is -2.35. The Morgan fingerprint density at radius 3 is 2.40 bits per heavy atom. The lowest BCUT2D eigenvalue weighted by atomic mass is 9.91. The van der Waals surface area contributed by atoms with E-state index >= 15 is 0 Å². The molecule has 4 nitrogen and oxygen atoms in total. The van der Waals surface area contributed by atoms with Gasteiger partial charge in [-0.05, 0) is 27.2 Å². The number of likely N-dealkylation sites (tertiary alicyclic amines) is 1. The summed E-state index contributed by atoms with van der Waals surface area (Å²) in [6.45, 7) is 7.26. The Hall–Kier alpha value is -0.910. The van der Waals surface area contributed by atoms with E-state index < -0.39 is 29.1 Å². The fourth-order valence-corrected chi connectivity index (χ4v) is 2.78. The van der Waals surface area contributed by atoms with Gasteiger partial charge in [-0.15, -0.1) is 0 Å². The van der Waals surface area contributed by atoms with Gasteiger partial charge >= 0.3 is 6.09 Å². The summed E-state index contributed by atoms with van der Waals surface area (Å²) in [7, 11) is 0. The van der Waals surface area contributed by atoms with Crippen molar-refractivity contribution in [2.75, 3.05) is 13.1 Å². The smallest absolute Gasteiger partial charge is 0.410 e. The zero-order valence-corrected chi connectivity index (χ0v) is 12.4. The van der Waals surface area contributed by atoms with Crippen LogP contribution in [0.25, 0.3) is 0 Å². The first-order chi connectivity index (χ1) is 8.94. The van der Waals surface area contributed by atoms with Gasteiger partial charge in [0.2, 0.25) is 0 Å². The molecule has 0 radical (unpaired) electrons. The summed E-state index contributed by atoms with van der Waals surface area (Å²) >= 11 is 0. The van der Waals surface area contributed by atoms with E-state index in [1.165, 1.54) is 11.8 Å². The molecule has 20 heavy (non-hydrogen) atoms. The van der Waals surface area contributed by atoms with Gasteiger partial charge in [0, 0.05) is 24.3 Å². The maximum Gasteiger partial charge on any atom is 0.410 e. The van der Waals surface area contributed by atoms with Gasteiger partial charge in [-0.2, -0.15) is 0 Å². The largest absolute Gasteiger partial charge is 0.444 e. The summed E-state index contributed by atoms with van der Waals surface area (Å²) in [6.07, 6.45) is -1.14. The summed E-state index contributed by atoms with van der Waals surface area (Å²) in [5.74, 6) is -2.94. The number of nitrogens with zero attached hydrogens (tertiary/aromatic N) is 1. The SMILES string of the molecule is CC(C)(C)OC(=O)N1CC(O)C(CC2(C)CC2(F)F)C1. The first-order valence-electron chi connectivity index (χ1n) is 6.97. The minimum Gasteiger partial charge on any atom is -0.444 e. The van der Waals surface area contributed by atoms with Crippen LogP contribution in [0.4, 0.5) is 13.6 Å². The van der Waals surface area contributed by atoms with Crippen molar-refractivity contribution in [3.05, 3.63) is 0 Å². The van der Waals surface area contributed by atoms with Gasteiger partial charge in [0.1, 0.15) is 5.60 Å². The molecule has 0 bridgehead atoms. The van der Waals surface area contributed by atoms with Gasteiger partial charge in [0.25, 0.3) is 5.92 Å². The Kier molecular flexibility index (Phi) is 3.52. The van der Waals surface area contributed by atoms with Crippen molar-refractivity contribution in [3.8, 4) is 0 Å². The fourth-order valence-electron chi connectivity index (χ4n) is 2.78. The maximum absolute atomic E-state index is 13.3. The number of β-amino-alcohol motifs (C(OH)–C–C–N with tert-alkyl or cyclic N) is 1. The van der Waals surface area contributed by atoms with Crippen LogP contribution in [-0.2, 0) is 4.74 Å². The summed E-state index contributed by atoms with van der Waals surface area (Å²) in [5, 5.41) is 9.97. The molecule has 1 aliphatic carbocycles. The molecule has 3 unspecified atom stereocenters. The van der Waals surface area contributed by atoms with Crippen molar-refractivity contribution in [2.45, 2.75) is 58.2 Å². The molecule has 116 valence electrons. The molecule has 2 rings (SSSR count). The molecule has 2 fully saturated rings. The first kappa shape index (κ1) is 15.5. The number of halogens is 2. The predicted octanol–water partition coefficient (Wildman–Crippen LogP) is 2.65. The molecule has 1 aliphatic heterocycles. The molecule has 0 aromatic rings. The van der Waals surface area contributed by atoms with E-state index in [0.29, 0.717) is 0 Å². The van der Waals surface area contributed by atoms with Gasteiger partial charge in [0.05, 0.1) is 12.6 Å².